The number of nitrogens with one attached hydrogen (secondary N) is 1. The summed E-state index contributed by atoms with van der Waals surface area (Å²) in [6.07, 6.45) is 6.35. The highest BCUT2D eigenvalue weighted by Crippen LogP contribution is 2.31. The number of methoxy groups -OCH3 is 2. The Labute approximate surface area is 177 Å². The van der Waals surface area contributed by atoms with Crippen molar-refractivity contribution < 1.29 is 14.3 Å². The van der Waals surface area contributed by atoms with Gasteiger partial charge in [0.25, 0.3) is 0 Å². The Bertz CT molecular complexity index is 1100. The summed E-state index contributed by atoms with van der Waals surface area (Å²) in [6.45, 7) is 3.55. The monoisotopic (exact) mass is 404 g/mol. The van der Waals surface area contributed by atoms with Gasteiger partial charge in [0, 0.05) is 42.2 Å². The summed E-state index contributed by atoms with van der Waals surface area (Å²) in [5.41, 5.74) is 6.09. The first-order chi connectivity index (χ1) is 14.6. The number of nitrogens with zero attached hydrogens (tertiary/aromatic N) is 1. The Morgan fingerprint density at radius 3 is 2.70 bits per heavy atom. The molecule has 2 heterocycles. The number of H-pyrrole nitrogens is 1. The fourth-order valence-corrected chi connectivity index (χ4v) is 4.16. The summed E-state index contributed by atoms with van der Waals surface area (Å²) in [5, 5.41) is 1.26. The Kier molecular flexibility index (Phi) is 5.79. The maximum atomic E-state index is 12.7. The molecule has 0 bridgehead atoms. The van der Waals surface area contributed by atoms with Crippen LogP contribution in [0.4, 0.5) is 0 Å². The summed E-state index contributed by atoms with van der Waals surface area (Å²) in [7, 11) is 3.25. The van der Waals surface area contributed by atoms with Crippen molar-refractivity contribution in [1.82, 2.24) is 9.88 Å². The number of para-hydroxylation sites is 1. The molecule has 5 nitrogen and oxygen atoms in total. The van der Waals surface area contributed by atoms with Crippen LogP contribution in [0.15, 0.2) is 48.7 Å². The average Bonchev–Trinajstić information content (AvgIpc) is 3.23. The molecule has 0 fully saturated rings. The molecule has 4 rings (SSSR count). The Balaban J connectivity index is 1.39. The second kappa shape index (κ2) is 8.66. The van der Waals surface area contributed by atoms with E-state index in [-0.39, 0.29) is 5.91 Å². The van der Waals surface area contributed by atoms with Crippen LogP contribution in [-0.4, -0.2) is 43.1 Å². The lowest BCUT2D eigenvalue weighted by atomic mass is 9.98. The number of hydrogen-bond acceptors (Lipinski definition) is 3. The van der Waals surface area contributed by atoms with Crippen LogP contribution < -0.4 is 9.47 Å². The number of carbonyl (C=O) groups is 1. The zero-order valence-corrected chi connectivity index (χ0v) is 17.8. The molecule has 0 atom stereocenters. The number of aromatic nitrogens is 1. The first-order valence-electron chi connectivity index (χ1n) is 10.4. The minimum Gasteiger partial charge on any atom is -0.493 e. The third-order valence-corrected chi connectivity index (χ3v) is 5.91. The molecule has 0 saturated heterocycles. The fourth-order valence-electron chi connectivity index (χ4n) is 4.16. The van der Waals surface area contributed by atoms with Gasteiger partial charge in [0.2, 0.25) is 5.91 Å². The topological polar surface area (TPSA) is 54.6 Å². The first kappa shape index (κ1) is 20.1. The molecule has 1 aliphatic heterocycles. The van der Waals surface area contributed by atoms with Crippen LogP contribution in [0.1, 0.15) is 29.5 Å². The van der Waals surface area contributed by atoms with Gasteiger partial charge < -0.3 is 19.4 Å². The number of benzene rings is 2. The lowest BCUT2D eigenvalue weighted by Gasteiger charge is -2.26. The molecule has 1 amide bonds. The van der Waals surface area contributed by atoms with Gasteiger partial charge in [-0.25, -0.2) is 0 Å². The van der Waals surface area contributed by atoms with Gasteiger partial charge in [0.15, 0.2) is 11.5 Å². The minimum absolute atomic E-state index is 0.190. The number of aromatic amines is 1. The number of ether oxygens (including phenoxy) is 2. The molecule has 5 heteroatoms. The van der Waals surface area contributed by atoms with Crippen molar-refractivity contribution >= 4 is 22.4 Å². The van der Waals surface area contributed by atoms with E-state index >= 15 is 0 Å². The van der Waals surface area contributed by atoms with Crippen molar-refractivity contribution in [2.75, 3.05) is 27.3 Å². The summed E-state index contributed by atoms with van der Waals surface area (Å²) in [5.74, 6) is 1.59. The Morgan fingerprint density at radius 1 is 1.13 bits per heavy atom. The third-order valence-electron chi connectivity index (χ3n) is 5.91. The van der Waals surface area contributed by atoms with E-state index in [0.717, 1.165) is 18.5 Å². The highest BCUT2D eigenvalue weighted by molar-refractivity contribution is 5.94. The van der Waals surface area contributed by atoms with Crippen LogP contribution in [0, 0.1) is 6.92 Å². The number of carbonyl (C=O) groups excluding carboxylic acids is 1. The predicted molar refractivity (Wildman–Crippen MR) is 120 cm³/mol. The van der Waals surface area contributed by atoms with Crippen LogP contribution in [0.2, 0.25) is 0 Å². The average molecular weight is 405 g/mol. The van der Waals surface area contributed by atoms with Gasteiger partial charge in [0.1, 0.15) is 0 Å². The molecule has 0 saturated carbocycles. The molecule has 2 aromatic carbocycles. The molecular formula is C25H28N2O3. The van der Waals surface area contributed by atoms with Gasteiger partial charge in [-0.2, -0.15) is 0 Å². The molecule has 0 radical (unpaired) electrons. The standard InChI is InChI=1S/C25H28N2O3/c1-17-5-4-6-20-21(16-26-25(17)20)19-11-13-27(14-12-19)24(28)10-8-18-7-9-22(29-2)23(15-18)30-3/h4-7,9,11,15-16,26H,8,10,12-14H2,1-3H3. The summed E-state index contributed by atoms with van der Waals surface area (Å²) in [6, 6.07) is 12.2. The Hall–Kier alpha value is -3.21. The lowest BCUT2D eigenvalue weighted by Crippen LogP contribution is -2.34. The van der Waals surface area contributed by atoms with E-state index in [1.54, 1.807) is 14.2 Å². The quantitative estimate of drug-likeness (QED) is 0.645. The maximum absolute atomic E-state index is 12.7. The number of rotatable bonds is 6. The minimum atomic E-state index is 0.190. The molecule has 1 aliphatic rings. The van der Waals surface area contributed by atoms with E-state index < -0.39 is 0 Å². The van der Waals surface area contributed by atoms with Crippen molar-refractivity contribution in [3.05, 3.63) is 65.4 Å². The fraction of sp³-hybridized carbons (Fsp3) is 0.320. The largest absolute Gasteiger partial charge is 0.493 e. The smallest absolute Gasteiger partial charge is 0.223 e. The van der Waals surface area contributed by atoms with Gasteiger partial charge in [-0.15, -0.1) is 0 Å². The van der Waals surface area contributed by atoms with E-state index in [9.17, 15) is 4.79 Å². The lowest BCUT2D eigenvalue weighted by molar-refractivity contribution is -0.130. The summed E-state index contributed by atoms with van der Waals surface area (Å²) in [4.78, 5) is 18.1. The highest BCUT2D eigenvalue weighted by Gasteiger charge is 2.19. The van der Waals surface area contributed by atoms with Gasteiger partial charge in [0.05, 0.1) is 14.2 Å². The SMILES string of the molecule is COc1ccc(CCC(=O)N2CC=C(c3c[nH]c4c(C)cccc34)CC2)cc1OC. The maximum Gasteiger partial charge on any atom is 0.223 e. The number of amides is 1. The normalized spacial score (nSPS) is 14.0. The van der Waals surface area contributed by atoms with Crippen molar-refractivity contribution in [2.45, 2.75) is 26.2 Å². The van der Waals surface area contributed by atoms with Gasteiger partial charge in [-0.3, -0.25) is 4.79 Å². The highest BCUT2D eigenvalue weighted by atomic mass is 16.5. The molecule has 0 spiro atoms. The first-order valence-corrected chi connectivity index (χ1v) is 10.4. The van der Waals surface area contributed by atoms with E-state index in [4.69, 9.17) is 9.47 Å². The zero-order valence-electron chi connectivity index (χ0n) is 17.8. The van der Waals surface area contributed by atoms with Crippen molar-refractivity contribution in [1.29, 1.82) is 0 Å². The van der Waals surface area contributed by atoms with Crippen molar-refractivity contribution in [3.63, 3.8) is 0 Å². The van der Waals surface area contributed by atoms with Gasteiger partial charge in [-0.1, -0.05) is 30.3 Å². The second-order valence-corrected chi connectivity index (χ2v) is 7.71. The van der Waals surface area contributed by atoms with Crippen LogP contribution in [-0.2, 0) is 11.2 Å². The van der Waals surface area contributed by atoms with Crippen LogP contribution in [0.25, 0.3) is 16.5 Å². The van der Waals surface area contributed by atoms with E-state index in [0.29, 0.717) is 30.9 Å². The molecule has 0 aliphatic carbocycles. The number of hydrogen-bond donors (Lipinski definition) is 1. The summed E-state index contributed by atoms with van der Waals surface area (Å²) >= 11 is 0. The van der Waals surface area contributed by atoms with Crippen LogP contribution in [0.3, 0.4) is 0 Å². The molecule has 1 aromatic heterocycles. The summed E-state index contributed by atoms with van der Waals surface area (Å²) < 4.78 is 10.6. The molecule has 30 heavy (non-hydrogen) atoms. The van der Waals surface area contributed by atoms with Gasteiger partial charge in [-0.05, 0) is 48.6 Å². The van der Waals surface area contributed by atoms with Crippen molar-refractivity contribution in [3.8, 4) is 11.5 Å². The predicted octanol–water partition coefficient (Wildman–Crippen LogP) is 4.74. The second-order valence-electron chi connectivity index (χ2n) is 7.71. The van der Waals surface area contributed by atoms with Crippen molar-refractivity contribution in [2.24, 2.45) is 0 Å². The molecule has 3 aromatic rings. The third kappa shape index (κ3) is 3.92. The van der Waals surface area contributed by atoms with E-state index in [1.807, 2.05) is 23.1 Å². The zero-order chi connectivity index (χ0) is 21.1. The van der Waals surface area contributed by atoms with E-state index in [1.165, 1.54) is 27.6 Å². The molecule has 156 valence electrons. The number of fused-ring (bicyclic) bond motifs is 1. The Morgan fingerprint density at radius 2 is 1.97 bits per heavy atom. The molecular weight excluding hydrogens is 376 g/mol. The van der Waals surface area contributed by atoms with Crippen LogP contribution in [0.5, 0.6) is 11.5 Å². The van der Waals surface area contributed by atoms with E-state index in [2.05, 4.69) is 42.4 Å². The molecule has 0 unspecified atom stereocenters. The van der Waals surface area contributed by atoms with Crippen LogP contribution >= 0.6 is 0 Å². The molecule has 1 N–H and O–H groups in total. The number of aryl methyl sites for hydroxylation is 2. The van der Waals surface area contributed by atoms with Gasteiger partial charge >= 0.3 is 0 Å².